The lowest BCUT2D eigenvalue weighted by Gasteiger charge is -2.28. The molecule has 1 aliphatic rings. The maximum atomic E-state index is 12.5. The van der Waals surface area contributed by atoms with Crippen LogP contribution >= 0.6 is 0 Å². The van der Waals surface area contributed by atoms with Crippen molar-refractivity contribution in [3.63, 3.8) is 0 Å². The number of carbonyl (C=O) groups is 3. The number of esters is 2. The highest BCUT2D eigenvalue weighted by molar-refractivity contribution is 6.07. The van der Waals surface area contributed by atoms with E-state index in [1.807, 2.05) is 30.3 Å². The zero-order valence-corrected chi connectivity index (χ0v) is 14.5. The zero-order chi connectivity index (χ0) is 18.4. The van der Waals surface area contributed by atoms with Crippen LogP contribution in [0.15, 0.2) is 47.2 Å². The quantitative estimate of drug-likeness (QED) is 0.630. The minimum atomic E-state index is -1.05. The van der Waals surface area contributed by atoms with Crippen LogP contribution in [0, 0.1) is 5.92 Å². The van der Waals surface area contributed by atoms with E-state index in [1.54, 1.807) is 20.8 Å². The van der Waals surface area contributed by atoms with E-state index >= 15 is 0 Å². The molecule has 1 aromatic carbocycles. The highest BCUT2D eigenvalue weighted by Gasteiger charge is 2.38. The first-order valence-electron chi connectivity index (χ1n) is 8.12. The van der Waals surface area contributed by atoms with Crippen LogP contribution in [0.3, 0.4) is 0 Å². The van der Waals surface area contributed by atoms with Crippen molar-refractivity contribution in [1.82, 2.24) is 5.32 Å². The van der Waals surface area contributed by atoms with E-state index in [2.05, 4.69) is 5.32 Å². The SMILES string of the molecule is CCOC(=O)C1=C(C)NC(c2ccccc2)=C(C(=O)OCC)[C@@H]1C=O. The Morgan fingerprint density at radius 1 is 1.04 bits per heavy atom. The fourth-order valence-corrected chi connectivity index (χ4v) is 2.75. The summed E-state index contributed by atoms with van der Waals surface area (Å²) >= 11 is 0. The lowest BCUT2D eigenvalue weighted by Crippen LogP contribution is -2.34. The molecule has 132 valence electrons. The third kappa shape index (κ3) is 3.79. The molecule has 1 aliphatic heterocycles. The van der Waals surface area contributed by atoms with Gasteiger partial charge in [0.05, 0.1) is 36.0 Å². The molecule has 0 saturated heterocycles. The molecule has 0 aliphatic carbocycles. The molecule has 0 fully saturated rings. The number of benzene rings is 1. The smallest absolute Gasteiger partial charge is 0.337 e. The summed E-state index contributed by atoms with van der Waals surface area (Å²) < 4.78 is 10.2. The Morgan fingerprint density at radius 3 is 2.12 bits per heavy atom. The number of hydrogen-bond donors (Lipinski definition) is 1. The molecule has 6 heteroatoms. The first-order valence-corrected chi connectivity index (χ1v) is 8.12. The molecule has 0 bridgehead atoms. The summed E-state index contributed by atoms with van der Waals surface area (Å²) in [7, 11) is 0. The summed E-state index contributed by atoms with van der Waals surface area (Å²) in [5, 5.41) is 3.07. The largest absolute Gasteiger partial charge is 0.463 e. The highest BCUT2D eigenvalue weighted by Crippen LogP contribution is 2.34. The molecule has 6 nitrogen and oxygen atoms in total. The number of hydrogen-bond acceptors (Lipinski definition) is 6. The van der Waals surface area contributed by atoms with Crippen LogP contribution in [-0.4, -0.2) is 31.4 Å². The van der Waals surface area contributed by atoms with Crippen molar-refractivity contribution in [2.24, 2.45) is 5.92 Å². The molecule has 25 heavy (non-hydrogen) atoms. The first kappa shape index (κ1) is 18.4. The van der Waals surface area contributed by atoms with Crippen LogP contribution < -0.4 is 5.32 Å². The Labute approximate surface area is 146 Å². The number of aldehydes is 1. The number of rotatable bonds is 6. The summed E-state index contributed by atoms with van der Waals surface area (Å²) in [5.74, 6) is -2.31. The summed E-state index contributed by atoms with van der Waals surface area (Å²) in [6.45, 7) is 5.36. The van der Waals surface area contributed by atoms with Crippen molar-refractivity contribution in [2.75, 3.05) is 13.2 Å². The van der Waals surface area contributed by atoms with Gasteiger partial charge in [0, 0.05) is 5.70 Å². The fourth-order valence-electron chi connectivity index (χ4n) is 2.75. The van der Waals surface area contributed by atoms with E-state index in [-0.39, 0.29) is 24.4 Å². The van der Waals surface area contributed by atoms with Crippen molar-refractivity contribution in [3.8, 4) is 0 Å². The van der Waals surface area contributed by atoms with Crippen LogP contribution in [-0.2, 0) is 23.9 Å². The number of allylic oxidation sites excluding steroid dienone is 1. The minimum Gasteiger partial charge on any atom is -0.463 e. The predicted octanol–water partition coefficient (Wildman–Crippen LogP) is 2.22. The van der Waals surface area contributed by atoms with Crippen LogP contribution in [0.1, 0.15) is 26.3 Å². The molecule has 0 saturated carbocycles. The maximum Gasteiger partial charge on any atom is 0.337 e. The van der Waals surface area contributed by atoms with Crippen LogP contribution in [0.5, 0.6) is 0 Å². The van der Waals surface area contributed by atoms with E-state index in [4.69, 9.17) is 9.47 Å². The zero-order valence-electron chi connectivity index (χ0n) is 14.5. The Bertz CT molecular complexity index is 733. The van der Waals surface area contributed by atoms with Crippen molar-refractivity contribution in [1.29, 1.82) is 0 Å². The van der Waals surface area contributed by atoms with Gasteiger partial charge in [-0.05, 0) is 26.3 Å². The molecule has 1 atom stereocenters. The van der Waals surface area contributed by atoms with Crippen LogP contribution in [0.4, 0.5) is 0 Å². The normalized spacial score (nSPS) is 17.0. The van der Waals surface area contributed by atoms with Gasteiger partial charge in [-0.3, -0.25) is 0 Å². The predicted molar refractivity (Wildman–Crippen MR) is 92.0 cm³/mol. The average molecular weight is 343 g/mol. The molecule has 0 radical (unpaired) electrons. The van der Waals surface area contributed by atoms with Gasteiger partial charge in [-0.1, -0.05) is 30.3 Å². The topological polar surface area (TPSA) is 81.7 Å². The lowest BCUT2D eigenvalue weighted by atomic mass is 9.84. The van der Waals surface area contributed by atoms with E-state index in [1.165, 1.54) is 0 Å². The Balaban J connectivity index is 2.61. The summed E-state index contributed by atoms with van der Waals surface area (Å²) in [6.07, 6.45) is 0.575. The fraction of sp³-hybridized carbons (Fsp3) is 0.316. The van der Waals surface area contributed by atoms with Crippen LogP contribution in [0.2, 0.25) is 0 Å². The van der Waals surface area contributed by atoms with Gasteiger partial charge in [-0.25, -0.2) is 9.59 Å². The maximum absolute atomic E-state index is 12.5. The van der Waals surface area contributed by atoms with Gasteiger partial charge in [0.25, 0.3) is 0 Å². The van der Waals surface area contributed by atoms with Crippen molar-refractivity contribution >= 4 is 23.9 Å². The molecule has 0 aromatic heterocycles. The third-order valence-electron chi connectivity index (χ3n) is 3.80. The van der Waals surface area contributed by atoms with Crippen molar-refractivity contribution in [2.45, 2.75) is 20.8 Å². The van der Waals surface area contributed by atoms with Crippen LogP contribution in [0.25, 0.3) is 5.70 Å². The summed E-state index contributed by atoms with van der Waals surface area (Å²) in [4.78, 5) is 36.6. The average Bonchev–Trinajstić information content (AvgIpc) is 2.61. The molecule has 2 rings (SSSR count). The van der Waals surface area contributed by atoms with Gasteiger partial charge in [0.2, 0.25) is 0 Å². The summed E-state index contributed by atoms with van der Waals surface area (Å²) in [6, 6.07) is 9.12. The molecule has 1 heterocycles. The highest BCUT2D eigenvalue weighted by atomic mass is 16.5. The molecular formula is C19H21NO5. The lowest BCUT2D eigenvalue weighted by molar-refractivity contribution is -0.141. The van der Waals surface area contributed by atoms with Gasteiger partial charge in [-0.2, -0.15) is 0 Å². The molecule has 1 N–H and O–H groups in total. The van der Waals surface area contributed by atoms with Crippen molar-refractivity contribution < 1.29 is 23.9 Å². The number of carbonyl (C=O) groups excluding carboxylic acids is 3. The van der Waals surface area contributed by atoms with Gasteiger partial charge in [0.1, 0.15) is 6.29 Å². The van der Waals surface area contributed by atoms with Gasteiger partial charge in [-0.15, -0.1) is 0 Å². The minimum absolute atomic E-state index is 0.108. The number of nitrogens with one attached hydrogen (secondary N) is 1. The summed E-state index contributed by atoms with van der Waals surface area (Å²) in [5.41, 5.74) is 1.89. The standard InChI is InChI=1S/C19H21NO5/c1-4-24-18(22)15-12(3)20-17(13-9-7-6-8-10-13)16(14(15)11-21)19(23)25-5-2/h6-11,14,20H,4-5H2,1-3H3/t14-/m1/s1. The molecule has 1 aromatic rings. The van der Waals surface area contributed by atoms with E-state index < -0.39 is 17.9 Å². The molecule has 0 spiro atoms. The Kier molecular flexibility index (Phi) is 6.11. The van der Waals surface area contributed by atoms with E-state index in [9.17, 15) is 14.4 Å². The van der Waals surface area contributed by atoms with E-state index in [0.717, 1.165) is 5.56 Å². The monoisotopic (exact) mass is 343 g/mol. The Hall–Kier alpha value is -2.89. The number of ether oxygens (including phenoxy) is 2. The first-order chi connectivity index (χ1) is 12.0. The third-order valence-corrected chi connectivity index (χ3v) is 3.80. The molecular weight excluding hydrogens is 322 g/mol. The molecule has 0 amide bonds. The number of dihydropyridines is 1. The second-order valence-electron chi connectivity index (χ2n) is 5.37. The van der Waals surface area contributed by atoms with Crippen molar-refractivity contribution in [3.05, 3.63) is 52.7 Å². The second kappa shape index (κ2) is 8.28. The van der Waals surface area contributed by atoms with E-state index in [0.29, 0.717) is 17.7 Å². The second-order valence-corrected chi connectivity index (χ2v) is 5.37. The van der Waals surface area contributed by atoms with Gasteiger partial charge in [0.15, 0.2) is 0 Å². The van der Waals surface area contributed by atoms with Gasteiger partial charge >= 0.3 is 11.9 Å². The Morgan fingerprint density at radius 2 is 1.60 bits per heavy atom. The molecule has 0 unspecified atom stereocenters. The van der Waals surface area contributed by atoms with Gasteiger partial charge < -0.3 is 19.6 Å².